The maximum absolute atomic E-state index is 12.0. The molecule has 1 heterocycles. The molecule has 4 heteroatoms. The van der Waals surface area contributed by atoms with Crippen molar-refractivity contribution < 1.29 is 9.21 Å². The van der Waals surface area contributed by atoms with Gasteiger partial charge in [0.05, 0.1) is 0 Å². The highest BCUT2D eigenvalue weighted by atomic mass is 35.5. The van der Waals surface area contributed by atoms with Crippen LogP contribution in [-0.4, -0.2) is 5.91 Å². The van der Waals surface area contributed by atoms with E-state index < -0.39 is 0 Å². The molecule has 0 radical (unpaired) electrons. The highest BCUT2D eigenvalue weighted by Gasteiger charge is 2.11. The van der Waals surface area contributed by atoms with Crippen molar-refractivity contribution in [2.24, 2.45) is 0 Å². The molecule has 3 nitrogen and oxygen atoms in total. The van der Waals surface area contributed by atoms with Gasteiger partial charge in [-0.25, -0.2) is 0 Å². The standard InChI is InChI=1S/C16H12ClNO2/c17-13-6-3-4-11(8-13)10-18-16(19)15-9-12-5-1-2-7-14(12)20-15/h1-9H,10H2,(H,18,19). The van der Waals surface area contributed by atoms with Gasteiger partial charge in [-0.15, -0.1) is 0 Å². The SMILES string of the molecule is O=C(NCc1cccc(Cl)c1)c1cc2ccccc2o1. The third kappa shape index (κ3) is 2.68. The van der Waals surface area contributed by atoms with Gasteiger partial charge in [-0.3, -0.25) is 4.79 Å². The highest BCUT2D eigenvalue weighted by molar-refractivity contribution is 6.30. The number of carbonyl (C=O) groups is 1. The molecule has 0 aliphatic heterocycles. The van der Waals surface area contributed by atoms with Crippen molar-refractivity contribution in [3.05, 3.63) is 70.9 Å². The molecule has 0 aliphatic rings. The Morgan fingerprint density at radius 3 is 2.75 bits per heavy atom. The number of rotatable bonds is 3. The Morgan fingerprint density at radius 1 is 1.10 bits per heavy atom. The third-order valence-electron chi connectivity index (χ3n) is 2.99. The van der Waals surface area contributed by atoms with Crippen LogP contribution in [0.1, 0.15) is 16.1 Å². The van der Waals surface area contributed by atoms with Gasteiger partial charge in [0.15, 0.2) is 5.76 Å². The first-order valence-corrected chi connectivity index (χ1v) is 6.61. The number of hydrogen-bond acceptors (Lipinski definition) is 2. The smallest absolute Gasteiger partial charge is 0.287 e. The van der Waals surface area contributed by atoms with E-state index in [0.717, 1.165) is 10.9 Å². The summed E-state index contributed by atoms with van der Waals surface area (Å²) >= 11 is 5.90. The topological polar surface area (TPSA) is 42.2 Å². The number of carbonyl (C=O) groups excluding carboxylic acids is 1. The molecule has 1 aromatic heterocycles. The zero-order valence-corrected chi connectivity index (χ0v) is 11.4. The van der Waals surface area contributed by atoms with Gasteiger partial charge >= 0.3 is 0 Å². The largest absolute Gasteiger partial charge is 0.451 e. The lowest BCUT2D eigenvalue weighted by molar-refractivity contribution is 0.0925. The van der Waals surface area contributed by atoms with E-state index in [9.17, 15) is 4.79 Å². The fourth-order valence-electron chi connectivity index (χ4n) is 2.01. The number of fused-ring (bicyclic) bond motifs is 1. The van der Waals surface area contributed by atoms with E-state index in [1.165, 1.54) is 0 Å². The molecule has 0 fully saturated rings. The van der Waals surface area contributed by atoms with E-state index in [-0.39, 0.29) is 5.91 Å². The van der Waals surface area contributed by atoms with Crippen molar-refractivity contribution in [3.63, 3.8) is 0 Å². The number of hydrogen-bond donors (Lipinski definition) is 1. The lowest BCUT2D eigenvalue weighted by Gasteiger charge is -2.03. The van der Waals surface area contributed by atoms with Crippen LogP contribution in [0.15, 0.2) is 59.0 Å². The van der Waals surface area contributed by atoms with Gasteiger partial charge in [-0.05, 0) is 29.8 Å². The first-order chi connectivity index (χ1) is 9.72. The van der Waals surface area contributed by atoms with Gasteiger partial charge in [0, 0.05) is 17.0 Å². The van der Waals surface area contributed by atoms with E-state index >= 15 is 0 Å². The van der Waals surface area contributed by atoms with Crippen molar-refractivity contribution in [1.82, 2.24) is 5.32 Å². The second-order valence-corrected chi connectivity index (χ2v) is 4.90. The fourth-order valence-corrected chi connectivity index (χ4v) is 2.22. The Balaban J connectivity index is 1.73. The number of furan rings is 1. The second kappa shape index (κ2) is 5.39. The lowest BCUT2D eigenvalue weighted by Crippen LogP contribution is -2.22. The number of benzene rings is 2. The predicted molar refractivity (Wildman–Crippen MR) is 78.8 cm³/mol. The fraction of sp³-hybridized carbons (Fsp3) is 0.0625. The molecule has 1 amide bonds. The highest BCUT2D eigenvalue weighted by Crippen LogP contribution is 2.18. The zero-order valence-electron chi connectivity index (χ0n) is 10.6. The number of halogens is 1. The number of para-hydroxylation sites is 1. The quantitative estimate of drug-likeness (QED) is 0.790. The first kappa shape index (κ1) is 12.8. The van der Waals surface area contributed by atoms with Crippen molar-refractivity contribution in [2.75, 3.05) is 0 Å². The van der Waals surface area contributed by atoms with Crippen molar-refractivity contribution in [3.8, 4) is 0 Å². The Kier molecular flexibility index (Phi) is 3.44. The van der Waals surface area contributed by atoms with E-state index in [0.29, 0.717) is 22.9 Å². The van der Waals surface area contributed by atoms with Gasteiger partial charge in [0.25, 0.3) is 5.91 Å². The maximum Gasteiger partial charge on any atom is 0.287 e. The summed E-state index contributed by atoms with van der Waals surface area (Å²) in [6.07, 6.45) is 0. The molecule has 100 valence electrons. The molecular formula is C16H12ClNO2. The molecule has 0 saturated carbocycles. The second-order valence-electron chi connectivity index (χ2n) is 4.46. The Labute approximate surface area is 121 Å². The molecular weight excluding hydrogens is 274 g/mol. The van der Waals surface area contributed by atoms with Crippen LogP contribution in [0.5, 0.6) is 0 Å². The molecule has 0 atom stereocenters. The minimum Gasteiger partial charge on any atom is -0.451 e. The first-order valence-electron chi connectivity index (χ1n) is 6.23. The summed E-state index contributed by atoms with van der Waals surface area (Å²) in [6.45, 7) is 0.413. The van der Waals surface area contributed by atoms with E-state index in [2.05, 4.69) is 5.32 Å². The summed E-state index contributed by atoms with van der Waals surface area (Å²) in [6, 6.07) is 16.6. The molecule has 0 saturated heterocycles. The van der Waals surface area contributed by atoms with Crippen LogP contribution in [0, 0.1) is 0 Å². The molecule has 0 aliphatic carbocycles. The average molecular weight is 286 g/mol. The summed E-state index contributed by atoms with van der Waals surface area (Å²) in [4.78, 5) is 12.0. The van der Waals surface area contributed by atoms with E-state index in [4.69, 9.17) is 16.0 Å². The summed E-state index contributed by atoms with van der Waals surface area (Å²) in [5.41, 5.74) is 1.65. The molecule has 0 unspecified atom stereocenters. The van der Waals surface area contributed by atoms with Crippen LogP contribution in [0.3, 0.4) is 0 Å². The van der Waals surface area contributed by atoms with Gasteiger partial charge in [0.1, 0.15) is 5.58 Å². The molecule has 0 spiro atoms. The lowest BCUT2D eigenvalue weighted by atomic mass is 10.2. The van der Waals surface area contributed by atoms with Crippen LogP contribution in [-0.2, 0) is 6.54 Å². The molecule has 20 heavy (non-hydrogen) atoms. The minimum atomic E-state index is -0.235. The van der Waals surface area contributed by atoms with Crippen LogP contribution in [0.4, 0.5) is 0 Å². The molecule has 0 bridgehead atoms. The van der Waals surface area contributed by atoms with Crippen molar-refractivity contribution >= 4 is 28.5 Å². The Hall–Kier alpha value is -2.26. The summed E-state index contributed by atoms with van der Waals surface area (Å²) < 4.78 is 5.50. The normalized spacial score (nSPS) is 10.7. The van der Waals surface area contributed by atoms with E-state index in [1.54, 1.807) is 12.1 Å². The van der Waals surface area contributed by atoms with Crippen molar-refractivity contribution in [1.29, 1.82) is 0 Å². The Morgan fingerprint density at radius 2 is 1.95 bits per heavy atom. The summed E-state index contributed by atoms with van der Waals surface area (Å²) in [5.74, 6) is 0.0782. The predicted octanol–water partition coefficient (Wildman–Crippen LogP) is 4.02. The van der Waals surface area contributed by atoms with Gasteiger partial charge < -0.3 is 9.73 Å². The van der Waals surface area contributed by atoms with Crippen LogP contribution in [0.2, 0.25) is 5.02 Å². The van der Waals surface area contributed by atoms with Crippen LogP contribution in [0.25, 0.3) is 11.0 Å². The third-order valence-corrected chi connectivity index (χ3v) is 3.23. The van der Waals surface area contributed by atoms with Gasteiger partial charge in [-0.1, -0.05) is 41.9 Å². The molecule has 1 N–H and O–H groups in total. The zero-order chi connectivity index (χ0) is 13.9. The molecule has 2 aromatic carbocycles. The maximum atomic E-state index is 12.0. The van der Waals surface area contributed by atoms with Gasteiger partial charge in [0.2, 0.25) is 0 Å². The average Bonchev–Trinajstić information content (AvgIpc) is 2.89. The summed E-state index contributed by atoms with van der Waals surface area (Å²) in [5, 5.41) is 4.38. The summed E-state index contributed by atoms with van der Waals surface area (Å²) in [7, 11) is 0. The number of nitrogens with one attached hydrogen (secondary N) is 1. The van der Waals surface area contributed by atoms with Crippen molar-refractivity contribution in [2.45, 2.75) is 6.54 Å². The molecule has 3 aromatic rings. The minimum absolute atomic E-state index is 0.235. The van der Waals surface area contributed by atoms with Crippen LogP contribution >= 0.6 is 11.6 Å². The number of amides is 1. The van der Waals surface area contributed by atoms with E-state index in [1.807, 2.05) is 42.5 Å². The molecule has 3 rings (SSSR count). The monoisotopic (exact) mass is 285 g/mol. The Bertz CT molecular complexity index is 731. The van der Waals surface area contributed by atoms with Crippen LogP contribution < -0.4 is 5.32 Å². The van der Waals surface area contributed by atoms with Gasteiger partial charge in [-0.2, -0.15) is 0 Å².